The van der Waals surface area contributed by atoms with Gasteiger partial charge in [-0.05, 0) is 40.2 Å². The van der Waals surface area contributed by atoms with Gasteiger partial charge in [0.1, 0.15) is 11.6 Å². The third-order valence-electron chi connectivity index (χ3n) is 3.07. The number of aromatic nitrogens is 2. The zero-order valence-electron chi connectivity index (χ0n) is 11.2. The minimum absolute atomic E-state index is 0.382. The Balaban J connectivity index is 1.85. The molecule has 108 valence electrons. The number of nitrogens with zero attached hydrogens (tertiary/aromatic N) is 2. The Morgan fingerprint density at radius 3 is 2.73 bits per heavy atom. The van der Waals surface area contributed by atoms with Crippen molar-refractivity contribution in [2.75, 3.05) is 10.6 Å². The van der Waals surface area contributed by atoms with Gasteiger partial charge in [-0.2, -0.15) is 5.26 Å². The molecule has 0 saturated carbocycles. The first kappa shape index (κ1) is 14.1. The van der Waals surface area contributed by atoms with Gasteiger partial charge in [-0.1, -0.05) is 12.1 Å². The van der Waals surface area contributed by atoms with Crippen LogP contribution in [0, 0.1) is 11.3 Å². The number of hydrogen-bond acceptors (Lipinski definition) is 3. The number of urea groups is 1. The molecule has 3 N–H and O–H groups in total. The molecule has 0 spiro atoms. The van der Waals surface area contributed by atoms with E-state index in [4.69, 9.17) is 5.26 Å². The largest absolute Gasteiger partial charge is 0.343 e. The number of imidazole rings is 1. The van der Waals surface area contributed by atoms with Crippen LogP contribution in [0.2, 0.25) is 0 Å². The van der Waals surface area contributed by atoms with Crippen LogP contribution in [0.1, 0.15) is 5.56 Å². The second-order valence-electron chi connectivity index (χ2n) is 4.46. The van der Waals surface area contributed by atoms with E-state index in [1.807, 2.05) is 18.2 Å². The molecule has 1 heterocycles. The molecule has 0 radical (unpaired) electrons. The van der Waals surface area contributed by atoms with E-state index in [1.54, 1.807) is 18.2 Å². The SMILES string of the molecule is N#Cc1ccc(NC(=O)Nc2ccccc2Br)c2[nH]cnc12. The van der Waals surface area contributed by atoms with Crippen LogP contribution in [0.5, 0.6) is 0 Å². The van der Waals surface area contributed by atoms with E-state index < -0.39 is 0 Å². The van der Waals surface area contributed by atoms with E-state index in [-0.39, 0.29) is 6.03 Å². The first-order valence-electron chi connectivity index (χ1n) is 6.38. The number of aromatic amines is 1. The van der Waals surface area contributed by atoms with Crippen molar-refractivity contribution in [1.82, 2.24) is 9.97 Å². The molecule has 7 heteroatoms. The number of hydrogen-bond donors (Lipinski definition) is 3. The first-order chi connectivity index (χ1) is 10.7. The fourth-order valence-corrected chi connectivity index (χ4v) is 2.45. The maximum atomic E-state index is 12.1. The van der Waals surface area contributed by atoms with Crippen LogP contribution >= 0.6 is 15.9 Å². The van der Waals surface area contributed by atoms with Gasteiger partial charge in [0.15, 0.2) is 0 Å². The van der Waals surface area contributed by atoms with Crippen LogP contribution in [0.15, 0.2) is 47.2 Å². The number of nitrogens with one attached hydrogen (secondary N) is 3. The molecule has 3 rings (SSSR count). The summed E-state index contributed by atoms with van der Waals surface area (Å²) >= 11 is 3.37. The van der Waals surface area contributed by atoms with Gasteiger partial charge in [-0.3, -0.25) is 0 Å². The molecule has 0 atom stereocenters. The lowest BCUT2D eigenvalue weighted by Gasteiger charge is -2.09. The van der Waals surface area contributed by atoms with Crippen molar-refractivity contribution < 1.29 is 4.79 Å². The summed E-state index contributed by atoms with van der Waals surface area (Å²) in [5, 5.41) is 14.5. The fraction of sp³-hybridized carbons (Fsp3) is 0. The average molecular weight is 356 g/mol. The van der Waals surface area contributed by atoms with E-state index in [9.17, 15) is 4.79 Å². The van der Waals surface area contributed by atoms with Crippen LogP contribution in [0.25, 0.3) is 11.0 Å². The summed E-state index contributed by atoms with van der Waals surface area (Å²) in [6.45, 7) is 0. The normalized spacial score (nSPS) is 10.2. The Labute approximate surface area is 134 Å². The molecule has 0 fully saturated rings. The standard InChI is InChI=1S/C15H10BrN5O/c16-10-3-1-2-4-11(10)20-15(22)21-12-6-5-9(7-17)13-14(12)19-8-18-13/h1-6,8H,(H,18,19)(H2,20,21,22). The predicted octanol–water partition coefficient (Wildman–Crippen LogP) is 3.84. The Kier molecular flexibility index (Phi) is 3.76. The van der Waals surface area contributed by atoms with Gasteiger partial charge < -0.3 is 15.6 Å². The number of anilines is 2. The third-order valence-corrected chi connectivity index (χ3v) is 3.76. The van der Waals surface area contributed by atoms with Gasteiger partial charge >= 0.3 is 6.03 Å². The summed E-state index contributed by atoms with van der Waals surface area (Å²) in [6, 6.07) is 12.3. The number of halogens is 1. The summed E-state index contributed by atoms with van der Waals surface area (Å²) in [7, 11) is 0. The van der Waals surface area contributed by atoms with Gasteiger partial charge in [0, 0.05) is 4.47 Å². The van der Waals surface area contributed by atoms with Gasteiger partial charge in [0.05, 0.1) is 28.8 Å². The third kappa shape index (κ3) is 2.64. The molecule has 0 aliphatic heterocycles. The molecule has 0 aliphatic rings. The molecule has 2 amide bonds. The summed E-state index contributed by atoms with van der Waals surface area (Å²) in [5.41, 5.74) is 2.81. The minimum Gasteiger partial charge on any atom is -0.343 e. The van der Waals surface area contributed by atoms with Gasteiger partial charge in [0.25, 0.3) is 0 Å². The molecule has 0 unspecified atom stereocenters. The predicted molar refractivity (Wildman–Crippen MR) is 87.6 cm³/mol. The number of rotatable bonds is 2. The highest BCUT2D eigenvalue weighted by molar-refractivity contribution is 9.10. The van der Waals surface area contributed by atoms with Crippen molar-refractivity contribution in [3.05, 3.63) is 52.8 Å². The van der Waals surface area contributed by atoms with E-state index >= 15 is 0 Å². The van der Waals surface area contributed by atoms with Crippen molar-refractivity contribution >= 4 is 44.4 Å². The number of para-hydroxylation sites is 1. The molecule has 2 aromatic carbocycles. The lowest BCUT2D eigenvalue weighted by atomic mass is 10.2. The Morgan fingerprint density at radius 2 is 1.95 bits per heavy atom. The molecule has 22 heavy (non-hydrogen) atoms. The molecule has 6 nitrogen and oxygen atoms in total. The summed E-state index contributed by atoms with van der Waals surface area (Å²) < 4.78 is 0.789. The second kappa shape index (κ2) is 5.87. The fourth-order valence-electron chi connectivity index (χ4n) is 2.07. The monoisotopic (exact) mass is 355 g/mol. The zero-order valence-corrected chi connectivity index (χ0v) is 12.8. The van der Waals surface area contributed by atoms with E-state index in [0.29, 0.717) is 28.0 Å². The smallest absolute Gasteiger partial charge is 0.323 e. The van der Waals surface area contributed by atoms with E-state index in [2.05, 4.69) is 42.6 Å². The summed E-state index contributed by atoms with van der Waals surface area (Å²) in [6.07, 6.45) is 1.49. The molecular formula is C15H10BrN5O. The number of carbonyl (C=O) groups is 1. The number of carbonyl (C=O) groups excluding carboxylic acids is 1. The molecule has 0 bridgehead atoms. The number of fused-ring (bicyclic) bond motifs is 1. The van der Waals surface area contributed by atoms with Crippen LogP contribution in [-0.2, 0) is 0 Å². The topological polar surface area (TPSA) is 93.6 Å². The molecule has 0 aliphatic carbocycles. The molecular weight excluding hydrogens is 346 g/mol. The zero-order chi connectivity index (χ0) is 15.5. The molecule has 3 aromatic rings. The molecule has 1 aromatic heterocycles. The number of benzene rings is 2. The lowest BCUT2D eigenvalue weighted by Crippen LogP contribution is -2.19. The Bertz CT molecular complexity index is 896. The minimum atomic E-state index is -0.382. The van der Waals surface area contributed by atoms with Crippen LogP contribution in [-0.4, -0.2) is 16.0 Å². The first-order valence-corrected chi connectivity index (χ1v) is 7.17. The highest BCUT2D eigenvalue weighted by atomic mass is 79.9. The Morgan fingerprint density at radius 1 is 1.18 bits per heavy atom. The van der Waals surface area contributed by atoms with E-state index in [0.717, 1.165) is 4.47 Å². The lowest BCUT2D eigenvalue weighted by molar-refractivity contribution is 0.262. The highest BCUT2D eigenvalue weighted by Crippen LogP contribution is 2.24. The second-order valence-corrected chi connectivity index (χ2v) is 5.31. The number of nitriles is 1. The van der Waals surface area contributed by atoms with Gasteiger partial charge in [0.2, 0.25) is 0 Å². The van der Waals surface area contributed by atoms with Crippen LogP contribution in [0.3, 0.4) is 0 Å². The van der Waals surface area contributed by atoms with Crippen molar-refractivity contribution in [3.63, 3.8) is 0 Å². The average Bonchev–Trinajstić information content (AvgIpc) is 3.00. The van der Waals surface area contributed by atoms with Gasteiger partial charge in [-0.25, -0.2) is 9.78 Å². The van der Waals surface area contributed by atoms with E-state index in [1.165, 1.54) is 6.33 Å². The number of H-pyrrole nitrogens is 1. The van der Waals surface area contributed by atoms with Gasteiger partial charge in [-0.15, -0.1) is 0 Å². The Hall–Kier alpha value is -2.85. The number of amides is 2. The van der Waals surface area contributed by atoms with Crippen molar-refractivity contribution in [2.45, 2.75) is 0 Å². The summed E-state index contributed by atoms with van der Waals surface area (Å²) in [5.74, 6) is 0. The van der Waals surface area contributed by atoms with Crippen LogP contribution < -0.4 is 10.6 Å². The molecule has 0 saturated heterocycles. The summed E-state index contributed by atoms with van der Waals surface area (Å²) in [4.78, 5) is 19.1. The quantitative estimate of drug-likeness (QED) is 0.651. The van der Waals surface area contributed by atoms with Crippen molar-refractivity contribution in [1.29, 1.82) is 5.26 Å². The maximum Gasteiger partial charge on any atom is 0.323 e. The van der Waals surface area contributed by atoms with Crippen molar-refractivity contribution in [3.8, 4) is 6.07 Å². The van der Waals surface area contributed by atoms with Crippen molar-refractivity contribution in [2.24, 2.45) is 0 Å². The van der Waals surface area contributed by atoms with Crippen LogP contribution in [0.4, 0.5) is 16.2 Å². The highest BCUT2D eigenvalue weighted by Gasteiger charge is 2.11. The maximum absolute atomic E-state index is 12.1.